The molecule has 1 fully saturated rings. The molecule has 0 aliphatic carbocycles. The Kier molecular flexibility index (Phi) is 7.36. The van der Waals surface area contributed by atoms with Crippen LogP contribution in [0.15, 0.2) is 0 Å². The van der Waals surface area contributed by atoms with Crippen molar-refractivity contribution in [3.63, 3.8) is 0 Å². The first kappa shape index (κ1) is 22.1. The van der Waals surface area contributed by atoms with Crippen LogP contribution in [0, 0.1) is 0 Å². The highest BCUT2D eigenvalue weighted by Crippen LogP contribution is 2.24. The van der Waals surface area contributed by atoms with E-state index in [2.05, 4.69) is 5.32 Å². The van der Waals surface area contributed by atoms with Crippen molar-refractivity contribution in [3.05, 3.63) is 0 Å². The molecule has 0 bridgehead atoms. The van der Waals surface area contributed by atoms with E-state index in [0.717, 1.165) is 4.90 Å². The lowest BCUT2D eigenvalue weighted by Crippen LogP contribution is -2.43. The van der Waals surface area contributed by atoms with E-state index in [1.165, 1.54) is 0 Å². The number of hydrogen-bond donors (Lipinski definition) is 2. The standard InChI is InChI=1S/C15H25FN2O7S/c1-15(2,3)25-14(22)17-7-5-4-6-11(13(20)21)18-9-10(8-12(18)19)26(16,23)24/h10-11H,4-9H2,1-3H3,(H,17,22)(H,20,21)/t10?,11-/m0/s1. The van der Waals surface area contributed by atoms with Crippen molar-refractivity contribution in [2.45, 2.75) is 63.3 Å². The fourth-order valence-corrected chi connectivity index (χ4v) is 3.25. The molecule has 26 heavy (non-hydrogen) atoms. The number of carbonyl (C=O) groups excluding carboxylic acids is 2. The summed E-state index contributed by atoms with van der Waals surface area (Å²) in [6.07, 6.45) is -0.267. The van der Waals surface area contributed by atoms with Crippen LogP contribution >= 0.6 is 0 Å². The number of amides is 2. The van der Waals surface area contributed by atoms with E-state index >= 15 is 0 Å². The molecule has 0 aromatic heterocycles. The second-order valence-electron chi connectivity index (χ2n) is 7.13. The topological polar surface area (TPSA) is 130 Å². The third-order valence-corrected chi connectivity index (χ3v) is 4.87. The summed E-state index contributed by atoms with van der Waals surface area (Å²) in [7, 11) is -4.90. The monoisotopic (exact) mass is 396 g/mol. The highest BCUT2D eigenvalue weighted by molar-refractivity contribution is 7.87. The Morgan fingerprint density at radius 2 is 2.00 bits per heavy atom. The van der Waals surface area contributed by atoms with Crippen LogP contribution in [0.1, 0.15) is 46.5 Å². The number of ether oxygens (including phenoxy) is 1. The first-order valence-electron chi connectivity index (χ1n) is 8.24. The summed E-state index contributed by atoms with van der Waals surface area (Å²) in [6.45, 7) is 4.97. The average molecular weight is 396 g/mol. The van der Waals surface area contributed by atoms with Crippen LogP contribution in [-0.4, -0.2) is 66.4 Å². The number of nitrogens with zero attached hydrogens (tertiary/aromatic N) is 1. The Bertz CT molecular complexity index is 645. The minimum Gasteiger partial charge on any atom is -0.480 e. The average Bonchev–Trinajstić information content (AvgIpc) is 2.82. The van der Waals surface area contributed by atoms with Crippen molar-refractivity contribution >= 4 is 28.2 Å². The maximum absolute atomic E-state index is 13.0. The van der Waals surface area contributed by atoms with E-state index in [-0.39, 0.29) is 13.0 Å². The van der Waals surface area contributed by atoms with Gasteiger partial charge >= 0.3 is 22.3 Å². The van der Waals surface area contributed by atoms with Crippen LogP contribution in [-0.2, 0) is 24.5 Å². The lowest BCUT2D eigenvalue weighted by molar-refractivity contribution is -0.148. The molecule has 2 amide bonds. The van der Waals surface area contributed by atoms with E-state index < -0.39 is 58.1 Å². The van der Waals surface area contributed by atoms with Gasteiger partial charge in [0, 0.05) is 19.5 Å². The summed E-state index contributed by atoms with van der Waals surface area (Å²) in [5.41, 5.74) is -0.623. The molecule has 2 atom stereocenters. The number of aliphatic carboxylic acids is 1. The normalized spacial score (nSPS) is 19.3. The Hall–Kier alpha value is -1.91. The summed E-state index contributed by atoms with van der Waals surface area (Å²) in [4.78, 5) is 35.6. The molecule has 150 valence electrons. The molecule has 0 spiro atoms. The van der Waals surface area contributed by atoms with Crippen LogP contribution in [0.5, 0.6) is 0 Å². The number of carboxylic acids is 1. The SMILES string of the molecule is CC(C)(C)OC(=O)NCCCC[C@@H](C(=O)O)N1CC(S(=O)(=O)F)CC1=O. The van der Waals surface area contributed by atoms with Crippen molar-refractivity contribution in [1.82, 2.24) is 10.2 Å². The van der Waals surface area contributed by atoms with E-state index in [9.17, 15) is 31.8 Å². The molecule has 1 heterocycles. The van der Waals surface area contributed by atoms with Gasteiger partial charge in [-0.1, -0.05) is 0 Å². The third-order valence-electron chi connectivity index (χ3n) is 3.75. The minimum atomic E-state index is -4.90. The van der Waals surface area contributed by atoms with Crippen LogP contribution in [0.25, 0.3) is 0 Å². The highest BCUT2D eigenvalue weighted by Gasteiger charge is 2.43. The molecule has 0 aromatic rings. The highest BCUT2D eigenvalue weighted by atomic mass is 32.3. The first-order chi connectivity index (χ1) is 11.8. The smallest absolute Gasteiger partial charge is 0.407 e. The van der Waals surface area contributed by atoms with Gasteiger partial charge in [0.25, 0.3) is 0 Å². The lowest BCUT2D eigenvalue weighted by atomic mass is 10.1. The van der Waals surface area contributed by atoms with Gasteiger partial charge in [-0.15, -0.1) is 3.89 Å². The lowest BCUT2D eigenvalue weighted by Gasteiger charge is -2.24. The molecule has 1 unspecified atom stereocenters. The number of hydrogen-bond acceptors (Lipinski definition) is 6. The Morgan fingerprint density at radius 3 is 2.46 bits per heavy atom. The van der Waals surface area contributed by atoms with Crippen LogP contribution in [0.2, 0.25) is 0 Å². The quantitative estimate of drug-likeness (QED) is 0.463. The molecule has 1 rings (SSSR count). The molecule has 0 saturated carbocycles. The van der Waals surface area contributed by atoms with Crippen molar-refractivity contribution in [2.24, 2.45) is 0 Å². The minimum absolute atomic E-state index is 0.0656. The summed E-state index contributed by atoms with van der Waals surface area (Å²) in [5.74, 6) is -1.98. The number of nitrogens with one attached hydrogen (secondary N) is 1. The van der Waals surface area contributed by atoms with Gasteiger partial charge < -0.3 is 20.1 Å². The van der Waals surface area contributed by atoms with Gasteiger partial charge in [0.2, 0.25) is 5.91 Å². The van der Waals surface area contributed by atoms with Crippen molar-refractivity contribution in [3.8, 4) is 0 Å². The van der Waals surface area contributed by atoms with Crippen LogP contribution < -0.4 is 5.32 Å². The van der Waals surface area contributed by atoms with Gasteiger partial charge in [0.15, 0.2) is 0 Å². The predicted molar refractivity (Wildman–Crippen MR) is 89.7 cm³/mol. The number of halogens is 1. The Morgan fingerprint density at radius 1 is 1.38 bits per heavy atom. The number of rotatable bonds is 8. The molecule has 1 saturated heterocycles. The molecule has 0 radical (unpaired) electrons. The molecule has 2 N–H and O–H groups in total. The number of unbranched alkanes of at least 4 members (excludes halogenated alkanes) is 1. The molecule has 1 aliphatic rings. The second kappa shape index (κ2) is 8.65. The summed E-state index contributed by atoms with van der Waals surface area (Å²) < 4.78 is 40.0. The zero-order valence-electron chi connectivity index (χ0n) is 15.0. The molecule has 11 heteroatoms. The zero-order valence-corrected chi connectivity index (χ0v) is 15.8. The van der Waals surface area contributed by atoms with Crippen molar-refractivity contribution < 1.29 is 36.5 Å². The van der Waals surface area contributed by atoms with Crippen LogP contribution in [0.3, 0.4) is 0 Å². The van der Waals surface area contributed by atoms with E-state index in [1.807, 2.05) is 0 Å². The number of carboxylic acid groups (broad SMARTS) is 1. The van der Waals surface area contributed by atoms with Gasteiger partial charge in [0.05, 0.1) is 0 Å². The van der Waals surface area contributed by atoms with Gasteiger partial charge in [-0.25, -0.2) is 9.59 Å². The summed E-state index contributed by atoms with van der Waals surface area (Å²) >= 11 is 0. The van der Waals surface area contributed by atoms with Gasteiger partial charge in [-0.2, -0.15) is 8.42 Å². The molecular weight excluding hydrogens is 371 g/mol. The Labute approximate surface area is 152 Å². The van der Waals surface area contributed by atoms with Crippen molar-refractivity contribution in [1.29, 1.82) is 0 Å². The fourth-order valence-electron chi connectivity index (χ4n) is 2.57. The molecule has 0 aromatic carbocycles. The van der Waals surface area contributed by atoms with Gasteiger partial charge in [0.1, 0.15) is 16.9 Å². The number of carbonyl (C=O) groups is 3. The van der Waals surface area contributed by atoms with Gasteiger partial charge in [-0.05, 0) is 40.0 Å². The molecule has 1 aliphatic heterocycles. The maximum Gasteiger partial charge on any atom is 0.407 e. The predicted octanol–water partition coefficient (Wildman–Crippen LogP) is 1.03. The van der Waals surface area contributed by atoms with E-state index in [1.54, 1.807) is 20.8 Å². The van der Waals surface area contributed by atoms with Crippen molar-refractivity contribution in [2.75, 3.05) is 13.1 Å². The first-order valence-corrected chi connectivity index (χ1v) is 9.68. The Balaban J connectivity index is 2.47. The zero-order chi connectivity index (χ0) is 20.1. The molecule has 9 nitrogen and oxygen atoms in total. The number of likely N-dealkylation sites (tertiary alicyclic amines) is 1. The van der Waals surface area contributed by atoms with E-state index in [4.69, 9.17) is 4.74 Å². The third kappa shape index (κ3) is 7.14. The largest absolute Gasteiger partial charge is 0.480 e. The summed E-state index contributed by atoms with van der Waals surface area (Å²) in [5, 5.41) is 10.3. The van der Waals surface area contributed by atoms with Crippen LogP contribution in [0.4, 0.5) is 8.68 Å². The maximum atomic E-state index is 13.0. The van der Waals surface area contributed by atoms with Gasteiger partial charge in [-0.3, -0.25) is 4.79 Å². The number of alkyl carbamates (subject to hydrolysis) is 1. The second-order valence-corrected chi connectivity index (χ2v) is 8.74. The molecular formula is C15H25FN2O7S. The van der Waals surface area contributed by atoms with E-state index in [0.29, 0.717) is 12.8 Å². The fraction of sp³-hybridized carbons (Fsp3) is 0.800. The summed E-state index contributed by atoms with van der Waals surface area (Å²) in [6, 6.07) is -1.23.